The van der Waals surface area contributed by atoms with E-state index in [0.29, 0.717) is 17.5 Å². The van der Waals surface area contributed by atoms with E-state index in [2.05, 4.69) is 6.58 Å². The van der Waals surface area contributed by atoms with Crippen molar-refractivity contribution >= 4 is 17.7 Å². The lowest BCUT2D eigenvalue weighted by molar-refractivity contribution is 0.0485. The highest BCUT2D eigenvalue weighted by molar-refractivity contribution is 6.05. The van der Waals surface area contributed by atoms with Crippen LogP contribution in [0.1, 0.15) is 33.5 Å². The Balaban J connectivity index is 1.77. The van der Waals surface area contributed by atoms with Gasteiger partial charge in [0.25, 0.3) is 5.91 Å². The zero-order valence-electron chi connectivity index (χ0n) is 16.9. The monoisotopic (exact) mass is 424 g/mol. The first-order valence-corrected chi connectivity index (χ1v) is 9.97. The lowest BCUT2D eigenvalue weighted by atomic mass is 10.0. The van der Waals surface area contributed by atoms with Gasteiger partial charge in [0.2, 0.25) is 0 Å². The van der Waals surface area contributed by atoms with Crippen LogP contribution in [0.5, 0.6) is 0 Å². The maximum Gasteiger partial charge on any atom is 0.416 e. The molecule has 0 aliphatic carbocycles. The summed E-state index contributed by atoms with van der Waals surface area (Å²) in [6, 6.07) is 11.3. The maximum atomic E-state index is 13.3. The number of carbonyl (C=O) groups is 2. The molecule has 8 heteroatoms. The number of carbonyl (C=O) groups excluding carboxylic acids is 2. The molecular weight excluding hydrogens is 400 g/mol. The first-order valence-electron chi connectivity index (χ1n) is 9.97. The lowest BCUT2D eigenvalue weighted by Crippen LogP contribution is -2.50. The Morgan fingerprint density at radius 2 is 1.81 bits per heavy atom. The van der Waals surface area contributed by atoms with Gasteiger partial charge in [-0.25, -0.2) is 9.69 Å². The second-order valence-corrected chi connectivity index (χ2v) is 7.73. The Morgan fingerprint density at radius 1 is 1.13 bits per heavy atom. The van der Waals surface area contributed by atoms with E-state index in [1.807, 2.05) is 30.3 Å². The van der Waals surface area contributed by atoms with Gasteiger partial charge in [-0.3, -0.25) is 4.79 Å². The van der Waals surface area contributed by atoms with Crippen LogP contribution in [0.2, 0.25) is 0 Å². The molecule has 3 N–H and O–H groups in total. The third-order valence-corrected chi connectivity index (χ3v) is 5.71. The number of amides is 2. The van der Waals surface area contributed by atoms with Crippen LogP contribution >= 0.6 is 0 Å². The summed E-state index contributed by atoms with van der Waals surface area (Å²) in [6.45, 7) is 3.41. The zero-order chi connectivity index (χ0) is 22.1. The number of rotatable bonds is 4. The summed E-state index contributed by atoms with van der Waals surface area (Å²) in [5, 5.41) is 30.5. The Morgan fingerprint density at radius 3 is 2.48 bits per heavy atom. The predicted molar refractivity (Wildman–Crippen MR) is 112 cm³/mol. The highest BCUT2D eigenvalue weighted by atomic mass is 16.6. The topological polar surface area (TPSA) is 111 Å². The molecule has 2 aromatic carbocycles. The quantitative estimate of drug-likeness (QED) is 0.647. The van der Waals surface area contributed by atoms with Gasteiger partial charge in [0.05, 0.1) is 30.5 Å². The van der Waals surface area contributed by atoms with Crippen LogP contribution in [0, 0.1) is 0 Å². The van der Waals surface area contributed by atoms with Gasteiger partial charge in [-0.15, -0.1) is 0 Å². The number of aliphatic hydroxyl groups excluding tert-OH is 3. The Kier molecular flexibility index (Phi) is 5.77. The predicted octanol–water partition coefficient (Wildman–Crippen LogP) is 1.92. The van der Waals surface area contributed by atoms with Gasteiger partial charge >= 0.3 is 6.09 Å². The molecule has 0 spiro atoms. The average molecular weight is 424 g/mol. The van der Waals surface area contributed by atoms with Gasteiger partial charge in [0.1, 0.15) is 6.61 Å². The average Bonchev–Trinajstić information content (AvgIpc) is 3.16. The SMILES string of the molecule is C=C1C[C@H]2C(O)N(C(=O)OCc3ccccc3)c3cc(CO)c(CO)cc3C(=O)N2C1. The van der Waals surface area contributed by atoms with Crippen LogP contribution in [0.25, 0.3) is 0 Å². The van der Waals surface area contributed by atoms with Crippen molar-refractivity contribution in [3.05, 3.63) is 76.9 Å². The summed E-state index contributed by atoms with van der Waals surface area (Å²) in [5.74, 6) is -0.379. The standard InChI is InChI=1S/C23H24N2O6/c1-14-7-20-22(29)25(23(30)31-13-15-5-3-2-4-6-15)19-9-17(12-27)16(11-26)8-18(19)21(28)24(20)10-14/h2-6,8-9,20,22,26-27,29H,1,7,10-13H2/t20-,22?/m0/s1. The van der Waals surface area contributed by atoms with Crippen molar-refractivity contribution in [1.82, 2.24) is 4.90 Å². The van der Waals surface area contributed by atoms with Gasteiger partial charge in [-0.1, -0.05) is 42.5 Å². The summed E-state index contributed by atoms with van der Waals surface area (Å²) in [7, 11) is 0. The lowest BCUT2D eigenvalue weighted by Gasteiger charge is -2.31. The number of aliphatic hydroxyl groups is 3. The normalized spacial score (nSPS) is 20.4. The van der Waals surface area contributed by atoms with Gasteiger partial charge in [-0.05, 0) is 35.2 Å². The molecule has 1 fully saturated rings. The summed E-state index contributed by atoms with van der Waals surface area (Å²) >= 11 is 0. The van der Waals surface area contributed by atoms with Crippen LogP contribution < -0.4 is 4.90 Å². The zero-order valence-corrected chi connectivity index (χ0v) is 16.9. The second-order valence-electron chi connectivity index (χ2n) is 7.73. The molecule has 0 aromatic heterocycles. The van der Waals surface area contributed by atoms with Gasteiger partial charge in [-0.2, -0.15) is 0 Å². The molecule has 1 unspecified atom stereocenters. The molecule has 0 radical (unpaired) electrons. The number of hydrogen-bond acceptors (Lipinski definition) is 6. The third-order valence-electron chi connectivity index (χ3n) is 5.71. The molecule has 162 valence electrons. The number of hydrogen-bond donors (Lipinski definition) is 3. The van der Waals surface area contributed by atoms with Crippen molar-refractivity contribution in [2.45, 2.75) is 38.5 Å². The summed E-state index contributed by atoms with van der Waals surface area (Å²) in [4.78, 5) is 28.9. The molecule has 31 heavy (non-hydrogen) atoms. The fourth-order valence-electron chi connectivity index (χ4n) is 4.12. The van der Waals surface area contributed by atoms with Crippen LogP contribution in [0.15, 0.2) is 54.6 Å². The van der Waals surface area contributed by atoms with E-state index in [4.69, 9.17) is 4.74 Å². The van der Waals surface area contributed by atoms with Crippen molar-refractivity contribution in [1.29, 1.82) is 0 Å². The van der Waals surface area contributed by atoms with E-state index in [0.717, 1.165) is 16.0 Å². The number of fused-ring (bicyclic) bond motifs is 2. The molecule has 2 amide bonds. The summed E-state index contributed by atoms with van der Waals surface area (Å²) in [6.07, 6.45) is -1.83. The fraction of sp³-hybridized carbons (Fsp3) is 0.304. The highest BCUT2D eigenvalue weighted by Gasteiger charge is 2.46. The number of benzene rings is 2. The van der Waals surface area contributed by atoms with Gasteiger partial charge < -0.3 is 25.0 Å². The molecule has 2 heterocycles. The Hall–Kier alpha value is -3.20. The first kappa shape index (κ1) is 21.0. The van der Waals surface area contributed by atoms with Crippen molar-refractivity contribution < 1.29 is 29.6 Å². The van der Waals surface area contributed by atoms with Crippen molar-refractivity contribution in [2.24, 2.45) is 0 Å². The molecule has 1 saturated heterocycles. The van der Waals surface area contributed by atoms with Gasteiger partial charge in [0, 0.05) is 6.54 Å². The van der Waals surface area contributed by atoms with Crippen LogP contribution in [-0.2, 0) is 24.6 Å². The summed E-state index contributed by atoms with van der Waals surface area (Å²) in [5.41, 5.74) is 2.56. The number of anilines is 1. The molecule has 0 saturated carbocycles. The maximum absolute atomic E-state index is 13.3. The van der Waals surface area contributed by atoms with Gasteiger partial charge in [0.15, 0.2) is 6.23 Å². The molecule has 2 aliphatic heterocycles. The fourth-order valence-corrected chi connectivity index (χ4v) is 4.12. The van der Waals surface area contributed by atoms with E-state index < -0.39 is 25.0 Å². The first-order chi connectivity index (χ1) is 14.9. The third kappa shape index (κ3) is 3.81. The largest absolute Gasteiger partial charge is 0.444 e. The van der Waals surface area contributed by atoms with E-state index in [1.54, 1.807) is 0 Å². The minimum Gasteiger partial charge on any atom is -0.444 e. The Labute approximate surface area is 179 Å². The number of nitrogens with zero attached hydrogens (tertiary/aromatic N) is 2. The molecule has 4 rings (SSSR count). The van der Waals surface area contributed by atoms with Crippen molar-refractivity contribution in [3.8, 4) is 0 Å². The van der Waals surface area contributed by atoms with Crippen LogP contribution in [0.3, 0.4) is 0 Å². The molecule has 2 aliphatic rings. The minimum atomic E-state index is -1.36. The van der Waals surface area contributed by atoms with Crippen molar-refractivity contribution in [3.63, 3.8) is 0 Å². The molecule has 2 atom stereocenters. The number of ether oxygens (including phenoxy) is 1. The molecule has 0 bridgehead atoms. The summed E-state index contributed by atoms with van der Waals surface area (Å²) < 4.78 is 5.45. The molecule has 8 nitrogen and oxygen atoms in total. The van der Waals surface area contributed by atoms with E-state index in [9.17, 15) is 24.9 Å². The van der Waals surface area contributed by atoms with E-state index in [-0.39, 0.29) is 36.9 Å². The highest BCUT2D eigenvalue weighted by Crippen LogP contribution is 2.37. The second kappa shape index (κ2) is 8.50. The minimum absolute atomic E-state index is 0.00512. The van der Waals surface area contributed by atoms with E-state index in [1.165, 1.54) is 17.0 Å². The smallest absolute Gasteiger partial charge is 0.416 e. The molecular formula is C23H24N2O6. The van der Waals surface area contributed by atoms with Crippen LogP contribution in [-0.4, -0.2) is 51.0 Å². The van der Waals surface area contributed by atoms with Crippen molar-refractivity contribution in [2.75, 3.05) is 11.4 Å². The Bertz CT molecular complexity index is 1020. The van der Waals surface area contributed by atoms with E-state index >= 15 is 0 Å². The molecule has 2 aromatic rings. The van der Waals surface area contributed by atoms with Crippen LogP contribution in [0.4, 0.5) is 10.5 Å².